The summed E-state index contributed by atoms with van der Waals surface area (Å²) in [5, 5.41) is 6.70. The Morgan fingerprint density at radius 1 is 1.21 bits per heavy atom. The Bertz CT molecular complexity index is 904. The van der Waals surface area contributed by atoms with E-state index in [1.807, 2.05) is 6.07 Å². The second-order valence-corrected chi connectivity index (χ2v) is 5.80. The van der Waals surface area contributed by atoms with E-state index in [4.69, 9.17) is 0 Å². The maximum Gasteiger partial charge on any atom is 0.280 e. The van der Waals surface area contributed by atoms with Gasteiger partial charge in [0.1, 0.15) is 5.69 Å². The molecule has 3 aromatic rings. The van der Waals surface area contributed by atoms with Crippen molar-refractivity contribution in [2.75, 3.05) is 5.32 Å². The van der Waals surface area contributed by atoms with E-state index in [0.717, 1.165) is 17.4 Å². The average Bonchev–Trinajstić information content (AvgIpc) is 3.33. The van der Waals surface area contributed by atoms with E-state index in [9.17, 15) is 13.6 Å². The molecule has 2 heterocycles. The Hall–Kier alpha value is -2.83. The molecule has 24 heavy (non-hydrogen) atoms. The zero-order valence-corrected chi connectivity index (χ0v) is 12.6. The molecule has 1 N–H and O–H groups in total. The lowest BCUT2D eigenvalue weighted by molar-refractivity contribution is 0.102. The predicted octanol–water partition coefficient (Wildman–Crippen LogP) is 3.80. The maximum atomic E-state index is 13.3. The van der Waals surface area contributed by atoms with Crippen LogP contribution < -0.4 is 5.32 Å². The van der Waals surface area contributed by atoms with Crippen LogP contribution in [0, 0.1) is 0 Å². The summed E-state index contributed by atoms with van der Waals surface area (Å²) in [5.74, 6) is -0.219. The zero-order chi connectivity index (χ0) is 16.7. The number of carbonyl (C=O) groups is 1. The van der Waals surface area contributed by atoms with Gasteiger partial charge in [-0.15, -0.1) is 0 Å². The molecular formula is C17H14F2N4O. The van der Waals surface area contributed by atoms with Crippen molar-refractivity contribution >= 4 is 17.2 Å². The maximum absolute atomic E-state index is 13.3. The first-order chi connectivity index (χ1) is 11.6. The highest BCUT2D eigenvalue weighted by molar-refractivity contribution is 6.03. The van der Waals surface area contributed by atoms with Crippen LogP contribution in [-0.4, -0.2) is 20.5 Å². The molecule has 0 aliphatic heterocycles. The number of benzene rings is 1. The molecule has 1 saturated carbocycles. The molecule has 0 radical (unpaired) electrons. The minimum atomic E-state index is -2.68. The number of nitrogens with zero attached hydrogens (tertiary/aromatic N) is 3. The molecule has 0 atom stereocenters. The highest BCUT2D eigenvalue weighted by atomic mass is 19.3. The van der Waals surface area contributed by atoms with Crippen LogP contribution in [0.4, 0.5) is 14.5 Å². The van der Waals surface area contributed by atoms with E-state index in [0.29, 0.717) is 11.4 Å². The van der Waals surface area contributed by atoms with Crippen molar-refractivity contribution in [1.82, 2.24) is 14.6 Å². The van der Waals surface area contributed by atoms with Gasteiger partial charge in [0, 0.05) is 23.4 Å². The molecule has 0 spiro atoms. The van der Waals surface area contributed by atoms with E-state index in [-0.39, 0.29) is 23.0 Å². The van der Waals surface area contributed by atoms with Crippen molar-refractivity contribution in [3.63, 3.8) is 0 Å². The molecule has 1 fully saturated rings. The second-order valence-electron chi connectivity index (χ2n) is 5.80. The highest BCUT2D eigenvalue weighted by Crippen LogP contribution is 2.40. The second kappa shape index (κ2) is 5.67. The van der Waals surface area contributed by atoms with Crippen molar-refractivity contribution in [2.45, 2.75) is 25.2 Å². The summed E-state index contributed by atoms with van der Waals surface area (Å²) >= 11 is 0. The van der Waals surface area contributed by atoms with Crippen molar-refractivity contribution in [1.29, 1.82) is 0 Å². The summed E-state index contributed by atoms with van der Waals surface area (Å²) in [6, 6.07) is 11.7. The van der Waals surface area contributed by atoms with Gasteiger partial charge in [0.15, 0.2) is 11.3 Å². The molecule has 1 aliphatic rings. The van der Waals surface area contributed by atoms with E-state index in [1.165, 1.54) is 12.1 Å². The smallest absolute Gasteiger partial charge is 0.280 e. The number of hydrogen-bond acceptors (Lipinski definition) is 3. The third-order valence-corrected chi connectivity index (χ3v) is 3.96. The number of nitrogens with one attached hydrogen (secondary N) is 1. The van der Waals surface area contributed by atoms with E-state index in [2.05, 4.69) is 15.4 Å². The Kier molecular flexibility index (Phi) is 3.48. The number of carbonyl (C=O) groups excluding carboxylic acids is 1. The van der Waals surface area contributed by atoms with Gasteiger partial charge in [-0.25, -0.2) is 18.3 Å². The summed E-state index contributed by atoms with van der Waals surface area (Å²) in [5.41, 5.74) is 1.35. The van der Waals surface area contributed by atoms with Crippen molar-refractivity contribution in [3.8, 4) is 0 Å². The van der Waals surface area contributed by atoms with Crippen LogP contribution in [0.1, 0.15) is 47.1 Å². The number of hydrogen-bond donors (Lipinski definition) is 1. The average molecular weight is 328 g/mol. The lowest BCUT2D eigenvalue weighted by Gasteiger charge is -2.06. The van der Waals surface area contributed by atoms with Crippen molar-refractivity contribution in [2.24, 2.45) is 0 Å². The van der Waals surface area contributed by atoms with Gasteiger partial charge in [-0.3, -0.25) is 4.79 Å². The standard InChI is InChI=1S/C17H14F2N4O/c18-16(19)14-8-12(10-6-7-10)21-15-9-13(22-23(14)15)17(24)20-11-4-2-1-3-5-11/h1-5,8-10,16H,6-7H2,(H,20,24). The number of anilines is 1. The number of para-hydroxylation sites is 1. The Morgan fingerprint density at radius 2 is 1.96 bits per heavy atom. The summed E-state index contributed by atoms with van der Waals surface area (Å²) in [4.78, 5) is 16.7. The molecule has 1 aliphatic carbocycles. The largest absolute Gasteiger partial charge is 0.321 e. The molecule has 0 saturated heterocycles. The van der Waals surface area contributed by atoms with E-state index >= 15 is 0 Å². The number of rotatable bonds is 4. The first kappa shape index (κ1) is 14.7. The lowest BCUT2D eigenvalue weighted by Crippen LogP contribution is -2.13. The molecular weight excluding hydrogens is 314 g/mol. The van der Waals surface area contributed by atoms with Gasteiger partial charge in [-0.1, -0.05) is 18.2 Å². The normalized spacial score (nSPS) is 14.3. The number of fused-ring (bicyclic) bond motifs is 1. The monoisotopic (exact) mass is 328 g/mol. The van der Waals surface area contributed by atoms with Crippen LogP contribution in [0.15, 0.2) is 42.5 Å². The summed E-state index contributed by atoms with van der Waals surface area (Å²) in [6.07, 6.45) is -0.763. The molecule has 0 unspecified atom stereocenters. The van der Waals surface area contributed by atoms with Gasteiger partial charge < -0.3 is 5.32 Å². The fourth-order valence-electron chi connectivity index (χ4n) is 2.59. The van der Waals surface area contributed by atoms with Gasteiger partial charge in [-0.05, 0) is 31.0 Å². The predicted molar refractivity (Wildman–Crippen MR) is 84.3 cm³/mol. The minimum Gasteiger partial charge on any atom is -0.321 e. The zero-order valence-electron chi connectivity index (χ0n) is 12.6. The van der Waals surface area contributed by atoms with Crippen LogP contribution >= 0.6 is 0 Å². The highest BCUT2D eigenvalue weighted by Gasteiger charge is 2.28. The molecule has 1 aromatic carbocycles. The van der Waals surface area contributed by atoms with Crippen LogP contribution in [0.25, 0.3) is 5.65 Å². The Morgan fingerprint density at radius 3 is 2.62 bits per heavy atom. The molecule has 7 heteroatoms. The quantitative estimate of drug-likeness (QED) is 0.792. The summed E-state index contributed by atoms with van der Waals surface area (Å²) < 4.78 is 27.7. The lowest BCUT2D eigenvalue weighted by atomic mass is 10.2. The van der Waals surface area contributed by atoms with Crippen LogP contribution in [0.5, 0.6) is 0 Å². The third-order valence-electron chi connectivity index (χ3n) is 3.96. The van der Waals surface area contributed by atoms with Gasteiger partial charge in [0.25, 0.3) is 12.3 Å². The van der Waals surface area contributed by atoms with Crippen LogP contribution in [-0.2, 0) is 0 Å². The Labute approximate surface area is 136 Å². The topological polar surface area (TPSA) is 59.3 Å². The minimum absolute atomic E-state index is 0.0567. The van der Waals surface area contributed by atoms with Gasteiger partial charge >= 0.3 is 0 Å². The van der Waals surface area contributed by atoms with Crippen LogP contribution in [0.2, 0.25) is 0 Å². The van der Waals surface area contributed by atoms with Crippen LogP contribution in [0.3, 0.4) is 0 Å². The van der Waals surface area contributed by atoms with E-state index < -0.39 is 12.3 Å². The number of aromatic nitrogens is 3. The fourth-order valence-corrected chi connectivity index (χ4v) is 2.59. The molecule has 5 nitrogen and oxygen atoms in total. The third kappa shape index (κ3) is 2.73. The first-order valence-corrected chi connectivity index (χ1v) is 7.67. The Balaban J connectivity index is 1.71. The van der Waals surface area contributed by atoms with Crippen molar-refractivity contribution < 1.29 is 13.6 Å². The number of alkyl halides is 2. The molecule has 2 aromatic heterocycles. The van der Waals surface area contributed by atoms with Crippen molar-refractivity contribution in [3.05, 3.63) is 59.5 Å². The molecule has 4 rings (SSSR count). The number of amides is 1. The van der Waals surface area contributed by atoms with Gasteiger partial charge in [0.05, 0.1) is 0 Å². The van der Waals surface area contributed by atoms with E-state index in [1.54, 1.807) is 24.3 Å². The SMILES string of the molecule is O=C(Nc1ccccc1)c1cc2nc(C3CC3)cc(C(F)F)n2n1. The summed E-state index contributed by atoms with van der Waals surface area (Å²) in [6.45, 7) is 0. The molecule has 122 valence electrons. The molecule has 0 bridgehead atoms. The summed E-state index contributed by atoms with van der Waals surface area (Å²) in [7, 11) is 0. The number of halogens is 2. The first-order valence-electron chi connectivity index (χ1n) is 7.67. The van der Waals surface area contributed by atoms with Gasteiger partial charge in [-0.2, -0.15) is 5.10 Å². The molecule has 1 amide bonds. The van der Waals surface area contributed by atoms with Gasteiger partial charge in [0.2, 0.25) is 0 Å². The fraction of sp³-hybridized carbons (Fsp3) is 0.235.